The van der Waals surface area contributed by atoms with Crippen LogP contribution in [0.15, 0.2) is 0 Å². The molecule has 5 heteroatoms. The highest BCUT2D eigenvalue weighted by atomic mass is 16.5. The van der Waals surface area contributed by atoms with Crippen molar-refractivity contribution in [2.75, 3.05) is 7.11 Å². The van der Waals surface area contributed by atoms with Crippen LogP contribution in [-0.2, 0) is 23.9 Å². The van der Waals surface area contributed by atoms with Crippen molar-refractivity contribution >= 4 is 17.7 Å². The predicted molar refractivity (Wildman–Crippen MR) is 103 cm³/mol. The minimum atomic E-state index is -0.446. The van der Waals surface area contributed by atoms with Crippen molar-refractivity contribution < 1.29 is 23.9 Å². The van der Waals surface area contributed by atoms with Crippen molar-refractivity contribution in [3.8, 4) is 0 Å². The van der Waals surface area contributed by atoms with Gasteiger partial charge in [0.05, 0.1) is 13.0 Å². The first-order valence-corrected chi connectivity index (χ1v) is 11.0. The Bertz CT molecular complexity index is 686. The Balaban J connectivity index is 1.75. The van der Waals surface area contributed by atoms with Gasteiger partial charge in [-0.2, -0.15) is 0 Å². The SMILES string of the molecule is COC(=O)[C@H]1CC[C@H]2[C@@H]3CC(=O)[C@H]4CCCC[C@]4(C)[C@H]3C[C@H](OC(C)=O)[C@]12C. The monoisotopic (exact) mass is 390 g/mol. The van der Waals surface area contributed by atoms with Gasteiger partial charge in [-0.1, -0.05) is 26.7 Å². The summed E-state index contributed by atoms with van der Waals surface area (Å²) in [6.07, 6.45) is 7.18. The molecule has 8 atom stereocenters. The number of carbonyl (C=O) groups is 3. The van der Waals surface area contributed by atoms with Crippen molar-refractivity contribution in [1.82, 2.24) is 0 Å². The second-order valence-electron chi connectivity index (χ2n) is 10.2. The molecule has 0 aromatic carbocycles. The van der Waals surface area contributed by atoms with E-state index in [1.54, 1.807) is 0 Å². The lowest BCUT2D eigenvalue weighted by molar-refractivity contribution is -0.196. The van der Waals surface area contributed by atoms with Gasteiger partial charge < -0.3 is 9.47 Å². The first kappa shape index (κ1) is 19.9. The average molecular weight is 391 g/mol. The van der Waals surface area contributed by atoms with E-state index in [-0.39, 0.29) is 41.2 Å². The number of esters is 2. The van der Waals surface area contributed by atoms with Gasteiger partial charge in [0.25, 0.3) is 0 Å². The molecule has 0 spiro atoms. The number of methoxy groups -OCH3 is 1. The molecule has 4 aliphatic rings. The van der Waals surface area contributed by atoms with Crippen LogP contribution in [0.1, 0.15) is 72.1 Å². The Kier molecular flexibility index (Phi) is 4.86. The van der Waals surface area contributed by atoms with Crippen molar-refractivity contribution in [2.45, 2.75) is 78.2 Å². The van der Waals surface area contributed by atoms with Gasteiger partial charge in [-0.15, -0.1) is 0 Å². The molecule has 156 valence electrons. The van der Waals surface area contributed by atoms with Gasteiger partial charge in [0, 0.05) is 24.7 Å². The van der Waals surface area contributed by atoms with Gasteiger partial charge in [-0.05, 0) is 55.3 Å². The van der Waals surface area contributed by atoms with E-state index < -0.39 is 5.41 Å². The Hall–Kier alpha value is -1.39. The second kappa shape index (κ2) is 6.84. The summed E-state index contributed by atoms with van der Waals surface area (Å²) in [6, 6.07) is 0. The molecule has 4 rings (SSSR count). The van der Waals surface area contributed by atoms with E-state index in [0.29, 0.717) is 24.0 Å². The zero-order valence-electron chi connectivity index (χ0n) is 17.7. The quantitative estimate of drug-likeness (QED) is 0.668. The number of fused-ring (bicyclic) bond motifs is 5. The molecule has 0 N–H and O–H groups in total. The average Bonchev–Trinajstić information content (AvgIpc) is 3.00. The number of rotatable bonds is 2. The van der Waals surface area contributed by atoms with Crippen LogP contribution in [0.25, 0.3) is 0 Å². The molecule has 4 fully saturated rings. The Morgan fingerprint density at radius 3 is 2.50 bits per heavy atom. The highest BCUT2D eigenvalue weighted by Crippen LogP contribution is 2.67. The van der Waals surface area contributed by atoms with E-state index in [0.717, 1.165) is 38.5 Å². The van der Waals surface area contributed by atoms with Gasteiger partial charge in [0.15, 0.2) is 0 Å². The molecule has 28 heavy (non-hydrogen) atoms. The maximum absolute atomic E-state index is 13.1. The van der Waals surface area contributed by atoms with E-state index in [1.165, 1.54) is 20.5 Å². The molecule has 0 amide bonds. The van der Waals surface area contributed by atoms with Crippen molar-refractivity contribution in [3.63, 3.8) is 0 Å². The first-order chi connectivity index (χ1) is 13.2. The second-order valence-corrected chi connectivity index (χ2v) is 10.2. The summed E-state index contributed by atoms with van der Waals surface area (Å²) >= 11 is 0. The normalized spacial score (nSPS) is 47.5. The Labute approximate surface area is 167 Å². The zero-order chi connectivity index (χ0) is 20.3. The molecule has 0 aromatic rings. The van der Waals surface area contributed by atoms with E-state index in [2.05, 4.69) is 13.8 Å². The number of Topliss-reactive ketones (excluding diaryl/α,β-unsaturated/α-hetero) is 1. The molecular weight excluding hydrogens is 356 g/mol. The van der Waals surface area contributed by atoms with Gasteiger partial charge in [-0.3, -0.25) is 14.4 Å². The number of hydrogen-bond acceptors (Lipinski definition) is 5. The zero-order valence-corrected chi connectivity index (χ0v) is 17.7. The minimum absolute atomic E-state index is 0.00132. The molecule has 0 aliphatic heterocycles. The third kappa shape index (κ3) is 2.68. The van der Waals surface area contributed by atoms with E-state index >= 15 is 0 Å². The summed E-state index contributed by atoms with van der Waals surface area (Å²) < 4.78 is 11.0. The van der Waals surface area contributed by atoms with E-state index in [9.17, 15) is 14.4 Å². The van der Waals surface area contributed by atoms with Crippen LogP contribution < -0.4 is 0 Å². The maximum Gasteiger partial charge on any atom is 0.309 e. The van der Waals surface area contributed by atoms with Gasteiger partial charge >= 0.3 is 11.9 Å². The number of ketones is 1. The highest BCUT2D eigenvalue weighted by Gasteiger charge is 2.66. The summed E-state index contributed by atoms with van der Waals surface area (Å²) in [4.78, 5) is 37.7. The molecule has 4 saturated carbocycles. The van der Waals surface area contributed by atoms with Crippen molar-refractivity contribution in [1.29, 1.82) is 0 Å². The third-order valence-corrected chi connectivity index (χ3v) is 9.23. The molecule has 4 aliphatic carbocycles. The predicted octanol–water partition coefficient (Wildman–Crippen LogP) is 3.93. The van der Waals surface area contributed by atoms with Crippen molar-refractivity contribution in [3.05, 3.63) is 0 Å². The van der Waals surface area contributed by atoms with Crippen LogP contribution in [0.5, 0.6) is 0 Å². The fraction of sp³-hybridized carbons (Fsp3) is 0.870. The fourth-order valence-electron chi connectivity index (χ4n) is 7.94. The fourth-order valence-corrected chi connectivity index (χ4v) is 7.94. The topological polar surface area (TPSA) is 69.7 Å². The third-order valence-electron chi connectivity index (χ3n) is 9.23. The lowest BCUT2D eigenvalue weighted by Gasteiger charge is -2.61. The van der Waals surface area contributed by atoms with Crippen LogP contribution in [0.4, 0.5) is 0 Å². The summed E-state index contributed by atoms with van der Waals surface area (Å²) in [5, 5.41) is 0. The molecular formula is C23H34O5. The smallest absolute Gasteiger partial charge is 0.309 e. The maximum atomic E-state index is 13.1. The lowest BCUT2D eigenvalue weighted by Crippen LogP contribution is -2.61. The lowest BCUT2D eigenvalue weighted by atomic mass is 9.44. The van der Waals surface area contributed by atoms with Gasteiger partial charge in [0.2, 0.25) is 0 Å². The van der Waals surface area contributed by atoms with Gasteiger partial charge in [0.1, 0.15) is 11.9 Å². The number of carbonyl (C=O) groups excluding carboxylic acids is 3. The molecule has 5 nitrogen and oxygen atoms in total. The van der Waals surface area contributed by atoms with Gasteiger partial charge in [-0.25, -0.2) is 0 Å². The minimum Gasteiger partial charge on any atom is -0.469 e. The number of ether oxygens (including phenoxy) is 2. The molecule has 0 saturated heterocycles. The van der Waals surface area contributed by atoms with E-state index in [1.807, 2.05) is 0 Å². The van der Waals surface area contributed by atoms with Crippen LogP contribution in [-0.4, -0.2) is 30.9 Å². The summed E-state index contributed by atoms with van der Waals surface area (Å²) in [5.41, 5.74) is -0.445. The van der Waals surface area contributed by atoms with Crippen LogP contribution in [0.2, 0.25) is 0 Å². The summed E-state index contributed by atoms with van der Waals surface area (Å²) in [6.45, 7) is 5.88. The first-order valence-electron chi connectivity index (χ1n) is 11.0. The molecule has 0 aromatic heterocycles. The standard InChI is InChI=1S/C23H34O5/c1-13(24)28-20-12-18-14(11-19(25)16-7-5-6-10-22(16,18)2)15-8-9-17(21(26)27-4)23(15,20)3/h14-18,20H,5-12H2,1-4H3/t14-,15-,16+,17+,18-,20-,22-,23-/m0/s1. The van der Waals surface area contributed by atoms with Crippen molar-refractivity contribution in [2.24, 2.45) is 40.4 Å². The molecule has 0 unspecified atom stereocenters. The van der Waals surface area contributed by atoms with Crippen LogP contribution >= 0.6 is 0 Å². The van der Waals surface area contributed by atoms with E-state index in [4.69, 9.17) is 9.47 Å². The van der Waals surface area contributed by atoms with Crippen LogP contribution in [0.3, 0.4) is 0 Å². The summed E-state index contributed by atoms with van der Waals surface area (Å²) in [7, 11) is 1.43. The largest absolute Gasteiger partial charge is 0.469 e. The summed E-state index contributed by atoms with van der Waals surface area (Å²) in [5.74, 6) is 0.734. The molecule has 0 bridgehead atoms. The molecule has 0 heterocycles. The Morgan fingerprint density at radius 2 is 1.82 bits per heavy atom. The molecule has 0 radical (unpaired) electrons. The highest BCUT2D eigenvalue weighted by molar-refractivity contribution is 5.83. The Morgan fingerprint density at radius 1 is 1.07 bits per heavy atom. The van der Waals surface area contributed by atoms with Crippen LogP contribution in [0, 0.1) is 40.4 Å². The number of hydrogen-bond donors (Lipinski definition) is 0.